The van der Waals surface area contributed by atoms with Gasteiger partial charge in [-0.15, -0.1) is 0 Å². The number of hydrogen-bond acceptors (Lipinski definition) is 3. The summed E-state index contributed by atoms with van der Waals surface area (Å²) >= 11 is 2.76. The van der Waals surface area contributed by atoms with Gasteiger partial charge in [0, 0.05) is 11.5 Å². The van der Waals surface area contributed by atoms with Crippen LogP contribution in [0.4, 0.5) is 0 Å². The molecule has 0 radical (unpaired) electrons. The summed E-state index contributed by atoms with van der Waals surface area (Å²) in [6.07, 6.45) is 0. The third-order valence-electron chi connectivity index (χ3n) is 0.993. The van der Waals surface area contributed by atoms with Gasteiger partial charge >= 0.3 is 0 Å². The molecule has 0 aliphatic rings. The minimum Gasteiger partial charge on any atom is -0.380 e. The Balaban J connectivity index is 3.00. The van der Waals surface area contributed by atoms with E-state index in [1.807, 2.05) is 0 Å². The quantitative estimate of drug-likeness (QED) is 0.214. The van der Waals surface area contributed by atoms with Crippen molar-refractivity contribution in [3.63, 3.8) is 0 Å². The molecule has 0 aliphatic heterocycles. The Morgan fingerprint density at radius 2 is 1.38 bits per heavy atom. The molecule has 13 heavy (non-hydrogen) atoms. The Morgan fingerprint density at radius 1 is 1.00 bits per heavy atom. The Hall–Kier alpha value is -0.400. The highest BCUT2D eigenvalue weighted by molar-refractivity contribution is 8.13. The predicted molar refractivity (Wildman–Crippen MR) is 58.0 cm³/mol. The molecular weight excluding hydrogens is 208 g/mol. The first kappa shape index (κ1) is 12.6. The van der Waals surface area contributed by atoms with Crippen LogP contribution < -0.4 is 22.3 Å². The van der Waals surface area contributed by atoms with E-state index in [0.717, 1.165) is 11.5 Å². The van der Waals surface area contributed by atoms with Gasteiger partial charge in [0.2, 0.25) is 0 Å². The third kappa shape index (κ3) is 11.6. The van der Waals surface area contributed by atoms with E-state index in [1.54, 1.807) is 0 Å². The Bertz CT molecular complexity index is 158. The summed E-state index contributed by atoms with van der Waals surface area (Å²) in [5, 5.41) is 11.2. The van der Waals surface area contributed by atoms with Gasteiger partial charge in [0.25, 0.3) is 10.3 Å². The minimum atomic E-state index is 0.373. The van der Waals surface area contributed by atoms with Crippen LogP contribution in [0.3, 0.4) is 0 Å². The van der Waals surface area contributed by atoms with Crippen molar-refractivity contribution in [2.75, 3.05) is 24.7 Å². The van der Waals surface area contributed by atoms with Crippen molar-refractivity contribution in [3.05, 3.63) is 0 Å². The number of amidine groups is 2. The van der Waals surface area contributed by atoms with E-state index >= 15 is 0 Å². The maximum atomic E-state index is 5.24. The van der Waals surface area contributed by atoms with Crippen LogP contribution in [0.15, 0.2) is 0 Å². The predicted octanol–water partition coefficient (Wildman–Crippen LogP) is -3.38. The minimum absolute atomic E-state index is 0.373. The molecule has 76 valence electrons. The normalized spacial score (nSPS) is 9.85. The molecule has 0 heterocycles. The van der Waals surface area contributed by atoms with Gasteiger partial charge in [0.15, 0.2) is 0 Å². The molecule has 0 bridgehead atoms. The number of nitrogens with two attached hydrogens (primary N) is 4. The van der Waals surface area contributed by atoms with Crippen molar-refractivity contribution >= 4 is 33.9 Å². The van der Waals surface area contributed by atoms with Gasteiger partial charge in [-0.2, -0.15) is 0 Å². The van der Waals surface area contributed by atoms with Crippen LogP contribution >= 0.6 is 23.5 Å². The molecular formula is C6H16N4OS2+2. The molecule has 0 aromatic heterocycles. The molecule has 7 heteroatoms. The van der Waals surface area contributed by atoms with E-state index in [9.17, 15) is 0 Å². The summed E-state index contributed by atoms with van der Waals surface area (Å²) < 4.78 is 5.24. The average molecular weight is 224 g/mol. The van der Waals surface area contributed by atoms with Gasteiger partial charge in [-0.3, -0.25) is 22.3 Å². The van der Waals surface area contributed by atoms with Crippen molar-refractivity contribution in [1.29, 1.82) is 0 Å². The van der Waals surface area contributed by atoms with Gasteiger partial charge in [-0.1, -0.05) is 0 Å². The summed E-state index contributed by atoms with van der Waals surface area (Å²) in [5.41, 5.74) is 10.5. The third-order valence-corrected chi connectivity index (χ3v) is 2.40. The molecule has 0 saturated carbocycles. The summed E-state index contributed by atoms with van der Waals surface area (Å²) in [7, 11) is 0. The lowest BCUT2D eigenvalue weighted by molar-refractivity contribution is -0.110. The Labute approximate surface area is 86.0 Å². The van der Waals surface area contributed by atoms with E-state index in [0.29, 0.717) is 23.5 Å². The standard InChI is InChI=1S/C6H14N4OS2/c7-5(8)12-3-1-11-2-4-13-6(9)10/h1-4H2,(H3,7,8)(H3,9,10)/p+2. The average Bonchev–Trinajstić information content (AvgIpc) is 2.01. The van der Waals surface area contributed by atoms with Crippen LogP contribution in [-0.4, -0.2) is 35.1 Å². The van der Waals surface area contributed by atoms with Gasteiger partial charge in [-0.25, -0.2) is 0 Å². The fourth-order valence-electron chi connectivity index (χ4n) is 0.539. The van der Waals surface area contributed by atoms with E-state index in [2.05, 4.69) is 0 Å². The second-order valence-corrected chi connectivity index (χ2v) is 4.45. The molecule has 0 amide bonds. The van der Waals surface area contributed by atoms with Crippen molar-refractivity contribution in [2.45, 2.75) is 0 Å². The van der Waals surface area contributed by atoms with Gasteiger partial charge in [0.05, 0.1) is 13.2 Å². The number of thioether (sulfide) groups is 2. The topological polar surface area (TPSA) is 112 Å². The monoisotopic (exact) mass is 224 g/mol. The molecule has 0 spiro atoms. The van der Waals surface area contributed by atoms with E-state index in [-0.39, 0.29) is 0 Å². The first-order valence-corrected chi connectivity index (χ1v) is 5.69. The number of rotatable bonds is 6. The molecule has 0 aliphatic carbocycles. The highest BCUT2D eigenvalue weighted by Gasteiger charge is 1.98. The van der Waals surface area contributed by atoms with Crippen LogP contribution in [-0.2, 0) is 4.74 Å². The van der Waals surface area contributed by atoms with Crippen LogP contribution in [0.2, 0.25) is 0 Å². The molecule has 0 aromatic carbocycles. The van der Waals surface area contributed by atoms with E-state index in [1.165, 1.54) is 23.5 Å². The molecule has 0 atom stereocenters. The molecule has 0 rings (SSSR count). The van der Waals surface area contributed by atoms with Gasteiger partial charge < -0.3 is 4.74 Å². The smallest absolute Gasteiger partial charge is 0.299 e. The summed E-state index contributed by atoms with van der Waals surface area (Å²) in [6.45, 7) is 1.27. The zero-order valence-electron chi connectivity index (χ0n) is 7.36. The zero-order chi connectivity index (χ0) is 10.1. The molecule has 0 fully saturated rings. The van der Waals surface area contributed by atoms with Crippen molar-refractivity contribution in [3.8, 4) is 0 Å². The van der Waals surface area contributed by atoms with E-state index in [4.69, 9.17) is 27.0 Å². The van der Waals surface area contributed by atoms with Crippen LogP contribution in [0.25, 0.3) is 0 Å². The van der Waals surface area contributed by atoms with Crippen LogP contribution in [0, 0.1) is 0 Å². The van der Waals surface area contributed by atoms with Crippen LogP contribution in [0.5, 0.6) is 0 Å². The zero-order valence-corrected chi connectivity index (χ0v) is 9.00. The fraction of sp³-hybridized carbons (Fsp3) is 0.667. The lowest BCUT2D eigenvalue weighted by Crippen LogP contribution is -2.43. The van der Waals surface area contributed by atoms with Crippen LogP contribution in [0.1, 0.15) is 0 Å². The lowest BCUT2D eigenvalue weighted by Gasteiger charge is -1.99. The molecule has 0 saturated heterocycles. The van der Waals surface area contributed by atoms with E-state index < -0.39 is 0 Å². The second-order valence-electron chi connectivity index (χ2n) is 2.11. The van der Waals surface area contributed by atoms with Gasteiger partial charge in [0.1, 0.15) is 0 Å². The first-order chi connectivity index (χ1) is 6.13. The number of hydrogen-bond donors (Lipinski definition) is 4. The Morgan fingerprint density at radius 3 is 1.69 bits per heavy atom. The van der Waals surface area contributed by atoms with Crippen molar-refractivity contribution in [2.24, 2.45) is 11.5 Å². The fourth-order valence-corrected chi connectivity index (χ4v) is 1.41. The molecule has 5 nitrogen and oxygen atoms in total. The number of ether oxygens (including phenoxy) is 1. The summed E-state index contributed by atoms with van der Waals surface area (Å²) in [6, 6.07) is 0. The van der Waals surface area contributed by atoms with Crippen molar-refractivity contribution < 1.29 is 15.6 Å². The SMILES string of the molecule is NC(=[NH2+])SCCOCCSC(N)=[NH2+]. The maximum Gasteiger partial charge on any atom is 0.299 e. The Kier molecular flexibility index (Phi) is 7.96. The molecule has 0 unspecified atom stereocenters. The molecule has 0 aromatic rings. The molecule has 8 N–H and O–H groups in total. The first-order valence-electron chi connectivity index (χ1n) is 3.72. The largest absolute Gasteiger partial charge is 0.380 e. The van der Waals surface area contributed by atoms with Crippen molar-refractivity contribution in [1.82, 2.24) is 0 Å². The highest BCUT2D eigenvalue weighted by Crippen LogP contribution is 1.97. The summed E-state index contributed by atoms with van der Waals surface area (Å²) in [4.78, 5) is 0. The second kappa shape index (κ2) is 8.21. The lowest BCUT2D eigenvalue weighted by atomic mass is 10.8. The maximum absolute atomic E-state index is 5.24. The van der Waals surface area contributed by atoms with Gasteiger partial charge in [-0.05, 0) is 23.5 Å². The highest BCUT2D eigenvalue weighted by atomic mass is 32.2. The summed E-state index contributed by atoms with van der Waals surface area (Å²) in [5.74, 6) is 1.55.